The van der Waals surface area contributed by atoms with Crippen molar-refractivity contribution in [3.63, 3.8) is 0 Å². The van der Waals surface area contributed by atoms with Gasteiger partial charge in [0.25, 0.3) is 11.8 Å². The minimum atomic E-state index is -0.578. The highest BCUT2D eigenvalue weighted by Crippen LogP contribution is 2.37. The molecule has 0 spiro atoms. The minimum Gasteiger partial charge on any atom is -0.493 e. The van der Waals surface area contributed by atoms with E-state index in [9.17, 15) is 9.59 Å². The summed E-state index contributed by atoms with van der Waals surface area (Å²) in [5, 5.41) is 0. The number of nitrogens with zero attached hydrogens (tertiary/aromatic N) is 1. The van der Waals surface area contributed by atoms with Gasteiger partial charge in [0.15, 0.2) is 22.4 Å². The van der Waals surface area contributed by atoms with Crippen LogP contribution in [0.1, 0.15) is 16.7 Å². The number of carbonyl (C=O) groups excluding carboxylic acids is 2. The van der Waals surface area contributed by atoms with Gasteiger partial charge in [-0.2, -0.15) is 0 Å². The number of benzene rings is 2. The first-order chi connectivity index (χ1) is 13.8. The van der Waals surface area contributed by atoms with Gasteiger partial charge in [0, 0.05) is 0 Å². The number of methoxy groups -OCH3 is 1. The molecule has 2 aromatic rings. The lowest BCUT2D eigenvalue weighted by Gasteiger charge is -2.16. The van der Waals surface area contributed by atoms with E-state index in [1.54, 1.807) is 29.2 Å². The van der Waals surface area contributed by atoms with Crippen molar-refractivity contribution in [2.75, 3.05) is 18.6 Å². The zero-order valence-electron chi connectivity index (χ0n) is 16.2. The van der Waals surface area contributed by atoms with E-state index in [0.29, 0.717) is 20.7 Å². The molecule has 1 aliphatic rings. The van der Waals surface area contributed by atoms with E-state index in [1.165, 1.54) is 18.9 Å². The van der Waals surface area contributed by atoms with Gasteiger partial charge < -0.3 is 15.2 Å². The summed E-state index contributed by atoms with van der Waals surface area (Å²) in [4.78, 5) is 25.9. The number of thiocarbonyl (C=S) groups is 1. The largest absolute Gasteiger partial charge is 0.493 e. The summed E-state index contributed by atoms with van der Waals surface area (Å²) < 4.78 is 11.1. The van der Waals surface area contributed by atoms with Gasteiger partial charge >= 0.3 is 0 Å². The molecule has 150 valence electrons. The maximum absolute atomic E-state index is 13.0. The molecule has 6 nitrogen and oxygen atoms in total. The van der Waals surface area contributed by atoms with Crippen LogP contribution in [0.15, 0.2) is 41.3 Å². The molecular weight excluding hydrogens is 408 g/mol. The van der Waals surface area contributed by atoms with Gasteiger partial charge in [0.2, 0.25) is 0 Å². The van der Waals surface area contributed by atoms with Crippen LogP contribution in [0.5, 0.6) is 11.5 Å². The number of hydrogen-bond acceptors (Lipinski definition) is 6. The Bertz CT molecular complexity index is 1030. The molecule has 0 saturated carbocycles. The van der Waals surface area contributed by atoms with E-state index < -0.39 is 5.91 Å². The molecule has 2 aromatic carbocycles. The Morgan fingerprint density at radius 3 is 2.59 bits per heavy atom. The second kappa shape index (κ2) is 8.67. The molecule has 0 aliphatic carbocycles. The second-order valence-electron chi connectivity index (χ2n) is 6.45. The van der Waals surface area contributed by atoms with Crippen LogP contribution >= 0.6 is 24.0 Å². The number of carbonyl (C=O) groups is 2. The van der Waals surface area contributed by atoms with Crippen molar-refractivity contribution in [2.45, 2.75) is 13.8 Å². The quantitative estimate of drug-likeness (QED) is 0.559. The summed E-state index contributed by atoms with van der Waals surface area (Å²) in [5.41, 5.74) is 8.85. The maximum Gasteiger partial charge on any atom is 0.270 e. The highest BCUT2D eigenvalue weighted by atomic mass is 32.2. The molecule has 0 aromatic heterocycles. The Morgan fingerprint density at radius 1 is 1.17 bits per heavy atom. The molecule has 0 unspecified atom stereocenters. The summed E-state index contributed by atoms with van der Waals surface area (Å²) in [6.07, 6.45) is 1.75. The van der Waals surface area contributed by atoms with E-state index >= 15 is 0 Å². The van der Waals surface area contributed by atoms with E-state index in [4.69, 9.17) is 27.4 Å². The van der Waals surface area contributed by atoms with Crippen LogP contribution in [0.4, 0.5) is 5.69 Å². The lowest BCUT2D eigenvalue weighted by Crippen LogP contribution is -2.27. The molecule has 3 rings (SSSR count). The van der Waals surface area contributed by atoms with E-state index in [1.807, 2.05) is 32.0 Å². The molecule has 8 heteroatoms. The van der Waals surface area contributed by atoms with Crippen molar-refractivity contribution in [3.8, 4) is 11.5 Å². The van der Waals surface area contributed by atoms with Crippen LogP contribution in [0.2, 0.25) is 0 Å². The normalized spacial score (nSPS) is 15.1. The van der Waals surface area contributed by atoms with Crippen LogP contribution < -0.4 is 20.1 Å². The first-order valence-corrected chi connectivity index (χ1v) is 9.97. The van der Waals surface area contributed by atoms with Crippen molar-refractivity contribution in [1.82, 2.24) is 0 Å². The lowest BCUT2D eigenvalue weighted by atomic mass is 10.1. The van der Waals surface area contributed by atoms with Crippen LogP contribution in [-0.2, 0) is 9.59 Å². The summed E-state index contributed by atoms with van der Waals surface area (Å²) in [5.74, 6) is 0.0817. The second-order valence-corrected chi connectivity index (χ2v) is 8.13. The summed E-state index contributed by atoms with van der Waals surface area (Å²) in [6, 6.07) is 11.0. The van der Waals surface area contributed by atoms with Crippen molar-refractivity contribution in [1.29, 1.82) is 0 Å². The van der Waals surface area contributed by atoms with E-state index in [2.05, 4.69) is 0 Å². The van der Waals surface area contributed by atoms with Crippen molar-refractivity contribution >= 4 is 51.9 Å². The number of rotatable bonds is 6. The molecule has 0 bridgehead atoms. The fourth-order valence-corrected chi connectivity index (χ4v) is 4.05. The Balaban J connectivity index is 1.87. The van der Waals surface area contributed by atoms with Crippen molar-refractivity contribution < 1.29 is 19.1 Å². The zero-order chi connectivity index (χ0) is 21.1. The molecule has 1 fully saturated rings. The van der Waals surface area contributed by atoms with Gasteiger partial charge in [-0.25, -0.2) is 0 Å². The highest BCUT2D eigenvalue weighted by molar-refractivity contribution is 8.27. The molecule has 0 radical (unpaired) electrons. The zero-order valence-corrected chi connectivity index (χ0v) is 17.9. The Morgan fingerprint density at radius 2 is 1.93 bits per heavy atom. The van der Waals surface area contributed by atoms with Gasteiger partial charge in [0.1, 0.15) is 0 Å². The SMILES string of the molecule is COc1cc(/C=C2\SC(=S)N(c3ccc(C)c(C)c3)C2=O)ccc1OCC(N)=O. The van der Waals surface area contributed by atoms with Gasteiger partial charge in [-0.15, -0.1) is 0 Å². The molecule has 1 saturated heterocycles. The maximum atomic E-state index is 13.0. The number of hydrogen-bond donors (Lipinski definition) is 1. The standard InChI is InChI=1S/C21H20N2O4S2/c1-12-4-6-15(8-13(12)2)23-20(25)18(29-21(23)28)10-14-5-7-16(17(9-14)26-3)27-11-19(22)24/h4-10H,11H2,1-3H3,(H2,22,24)/b18-10-. The summed E-state index contributed by atoms with van der Waals surface area (Å²) in [7, 11) is 1.50. The van der Waals surface area contributed by atoms with Gasteiger partial charge in [0.05, 0.1) is 17.7 Å². The molecule has 29 heavy (non-hydrogen) atoms. The van der Waals surface area contributed by atoms with Crippen LogP contribution in [-0.4, -0.2) is 29.9 Å². The number of anilines is 1. The summed E-state index contributed by atoms with van der Waals surface area (Å²) >= 11 is 6.69. The molecule has 2 N–H and O–H groups in total. The van der Waals surface area contributed by atoms with E-state index in [-0.39, 0.29) is 12.5 Å². The fraction of sp³-hybridized carbons (Fsp3) is 0.190. The fourth-order valence-electron chi connectivity index (χ4n) is 2.75. The average molecular weight is 429 g/mol. The molecule has 2 amide bonds. The number of nitrogens with two attached hydrogens (primary N) is 1. The van der Waals surface area contributed by atoms with E-state index in [0.717, 1.165) is 22.4 Å². The number of aryl methyl sites for hydroxylation is 2. The highest BCUT2D eigenvalue weighted by Gasteiger charge is 2.33. The number of amides is 2. The lowest BCUT2D eigenvalue weighted by molar-refractivity contribution is -0.120. The first kappa shape index (κ1) is 20.9. The van der Waals surface area contributed by atoms with Crippen molar-refractivity contribution in [2.24, 2.45) is 5.73 Å². The smallest absolute Gasteiger partial charge is 0.270 e. The van der Waals surface area contributed by atoms with Crippen molar-refractivity contribution in [3.05, 3.63) is 58.0 Å². The summed E-state index contributed by atoms with van der Waals surface area (Å²) in [6.45, 7) is 3.78. The topological polar surface area (TPSA) is 81.9 Å². The third kappa shape index (κ3) is 4.60. The first-order valence-electron chi connectivity index (χ1n) is 8.74. The van der Waals surface area contributed by atoms with Crippen LogP contribution in [0.25, 0.3) is 6.08 Å². The predicted octanol–water partition coefficient (Wildman–Crippen LogP) is 3.58. The van der Waals surface area contributed by atoms with Gasteiger partial charge in [-0.3, -0.25) is 14.5 Å². The Hall–Kier alpha value is -2.84. The average Bonchev–Trinajstić information content (AvgIpc) is 2.96. The van der Waals surface area contributed by atoms with Crippen LogP contribution in [0, 0.1) is 13.8 Å². The molecule has 1 aliphatic heterocycles. The Kier molecular flexibility index (Phi) is 6.24. The van der Waals surface area contributed by atoms with Gasteiger partial charge in [-0.05, 0) is 60.9 Å². The monoisotopic (exact) mass is 428 g/mol. The third-order valence-electron chi connectivity index (χ3n) is 4.40. The minimum absolute atomic E-state index is 0.170. The molecular formula is C21H20N2O4S2. The van der Waals surface area contributed by atoms with Crippen LogP contribution in [0.3, 0.4) is 0 Å². The number of thioether (sulfide) groups is 1. The molecule has 0 atom stereocenters. The van der Waals surface area contributed by atoms with Gasteiger partial charge in [-0.1, -0.05) is 36.1 Å². The number of ether oxygens (including phenoxy) is 2. The number of primary amides is 1. The predicted molar refractivity (Wildman–Crippen MR) is 119 cm³/mol. The Labute approximate surface area is 178 Å². The third-order valence-corrected chi connectivity index (χ3v) is 5.70. The molecule has 1 heterocycles.